The first kappa shape index (κ1) is 19.4. The van der Waals surface area contributed by atoms with Crippen LogP contribution >= 0.6 is 0 Å². The second-order valence-corrected chi connectivity index (χ2v) is 6.58. The lowest BCUT2D eigenvalue weighted by molar-refractivity contribution is -0.143. The summed E-state index contributed by atoms with van der Waals surface area (Å²) in [6.07, 6.45) is -1.02. The zero-order chi connectivity index (χ0) is 20.3. The summed E-state index contributed by atoms with van der Waals surface area (Å²) in [5.74, 6) is -0.630. The molecule has 2 amide bonds. The number of ether oxygens (including phenoxy) is 1. The Kier molecular flexibility index (Phi) is 5.62. The van der Waals surface area contributed by atoms with Gasteiger partial charge in [0.25, 0.3) is 11.8 Å². The topological polar surface area (TPSA) is 108 Å². The molecule has 1 atom stereocenters. The summed E-state index contributed by atoms with van der Waals surface area (Å²) in [4.78, 5) is 27.0. The Labute approximate surface area is 163 Å². The number of nitriles is 1. The fraction of sp³-hybridized carbons (Fsp3) is 0.286. The van der Waals surface area contributed by atoms with E-state index in [1.807, 2.05) is 25.1 Å². The molecule has 1 aliphatic rings. The van der Waals surface area contributed by atoms with E-state index in [0.717, 1.165) is 11.1 Å². The van der Waals surface area contributed by atoms with Gasteiger partial charge in [-0.05, 0) is 48.7 Å². The van der Waals surface area contributed by atoms with Crippen molar-refractivity contribution < 1.29 is 14.3 Å². The number of hydrogen-bond donors (Lipinski definition) is 2. The molecule has 7 heteroatoms. The van der Waals surface area contributed by atoms with Gasteiger partial charge in [0.05, 0.1) is 18.2 Å². The Bertz CT molecular complexity index is 965. The number of amides is 2. The molecule has 2 aromatic carbocycles. The highest BCUT2D eigenvalue weighted by atomic mass is 16.5. The van der Waals surface area contributed by atoms with E-state index in [9.17, 15) is 9.59 Å². The molecular formula is C21H22N4O3. The van der Waals surface area contributed by atoms with Gasteiger partial charge in [-0.3, -0.25) is 9.59 Å². The lowest BCUT2D eigenvalue weighted by Crippen LogP contribution is -2.48. The van der Waals surface area contributed by atoms with Crippen LogP contribution in [0, 0.1) is 18.3 Å². The predicted octanol–water partition coefficient (Wildman–Crippen LogP) is 2.08. The van der Waals surface area contributed by atoms with E-state index in [1.165, 1.54) is 4.90 Å². The van der Waals surface area contributed by atoms with Crippen LogP contribution in [0.4, 0.5) is 5.69 Å². The van der Waals surface area contributed by atoms with Crippen LogP contribution in [0.1, 0.15) is 39.5 Å². The van der Waals surface area contributed by atoms with Crippen LogP contribution in [0.2, 0.25) is 0 Å². The van der Waals surface area contributed by atoms with Crippen molar-refractivity contribution in [2.75, 3.05) is 12.3 Å². The second-order valence-electron chi connectivity index (χ2n) is 6.58. The third-order valence-corrected chi connectivity index (χ3v) is 4.79. The molecular weight excluding hydrogens is 356 g/mol. The van der Waals surface area contributed by atoms with Gasteiger partial charge < -0.3 is 20.7 Å². The van der Waals surface area contributed by atoms with E-state index in [1.54, 1.807) is 31.2 Å². The van der Waals surface area contributed by atoms with Crippen LogP contribution in [0.5, 0.6) is 0 Å². The van der Waals surface area contributed by atoms with E-state index in [2.05, 4.69) is 5.32 Å². The lowest BCUT2D eigenvalue weighted by Gasteiger charge is -2.26. The molecule has 0 aliphatic carbocycles. The van der Waals surface area contributed by atoms with Gasteiger partial charge in [0.1, 0.15) is 0 Å². The van der Waals surface area contributed by atoms with Crippen LogP contribution in [-0.4, -0.2) is 29.5 Å². The SMILES string of the molecule is CCO[C@@H](C(=O)NCc1ccc(C#N)cc1N)N1Cc2c(C)cccc2C1=O. The van der Waals surface area contributed by atoms with E-state index in [0.29, 0.717) is 28.9 Å². The van der Waals surface area contributed by atoms with Gasteiger partial charge in [-0.15, -0.1) is 0 Å². The molecule has 0 unspecified atom stereocenters. The number of nitrogens with two attached hydrogens (primary N) is 1. The Morgan fingerprint density at radius 1 is 1.39 bits per heavy atom. The monoisotopic (exact) mass is 378 g/mol. The number of carbonyl (C=O) groups is 2. The van der Waals surface area contributed by atoms with Gasteiger partial charge in [-0.2, -0.15) is 5.26 Å². The van der Waals surface area contributed by atoms with Gasteiger partial charge in [-0.25, -0.2) is 0 Å². The number of fused-ring (bicyclic) bond motifs is 1. The second kappa shape index (κ2) is 8.11. The third kappa shape index (κ3) is 3.68. The number of aryl methyl sites for hydroxylation is 1. The molecule has 0 saturated heterocycles. The summed E-state index contributed by atoms with van der Waals surface area (Å²) in [6, 6.07) is 12.5. The summed E-state index contributed by atoms with van der Waals surface area (Å²) in [5.41, 5.74) is 10.0. The summed E-state index contributed by atoms with van der Waals surface area (Å²) in [7, 11) is 0. The standard InChI is InChI=1S/C21H22N4O3/c1-3-28-21(25-12-17-13(2)5-4-6-16(17)20(25)27)19(26)24-11-15-8-7-14(10-22)9-18(15)23/h4-9,21H,3,11-12,23H2,1-2H3,(H,24,26)/t21-/m0/s1. The molecule has 144 valence electrons. The Morgan fingerprint density at radius 3 is 2.82 bits per heavy atom. The minimum absolute atomic E-state index is 0.175. The van der Waals surface area contributed by atoms with Crippen LogP contribution in [0.15, 0.2) is 36.4 Å². The maximum Gasteiger partial charge on any atom is 0.270 e. The number of carbonyl (C=O) groups excluding carboxylic acids is 2. The molecule has 2 aromatic rings. The molecule has 0 fully saturated rings. The average Bonchev–Trinajstić information content (AvgIpc) is 3.02. The number of benzene rings is 2. The van der Waals surface area contributed by atoms with Gasteiger partial charge in [-0.1, -0.05) is 18.2 Å². The first-order valence-electron chi connectivity index (χ1n) is 9.03. The maximum absolute atomic E-state index is 12.8. The Balaban J connectivity index is 1.74. The van der Waals surface area contributed by atoms with Crippen molar-refractivity contribution in [3.63, 3.8) is 0 Å². The summed E-state index contributed by atoms with van der Waals surface area (Å²) in [6.45, 7) is 4.51. The molecule has 3 N–H and O–H groups in total. The molecule has 28 heavy (non-hydrogen) atoms. The van der Waals surface area contributed by atoms with Crippen LogP contribution in [-0.2, 0) is 22.6 Å². The maximum atomic E-state index is 12.8. The first-order chi connectivity index (χ1) is 13.5. The zero-order valence-electron chi connectivity index (χ0n) is 15.9. The fourth-order valence-corrected chi connectivity index (χ4v) is 3.26. The molecule has 0 spiro atoms. The van der Waals surface area contributed by atoms with Crippen LogP contribution in [0.3, 0.4) is 0 Å². The number of hydrogen-bond acceptors (Lipinski definition) is 5. The quantitative estimate of drug-likeness (QED) is 0.748. The molecule has 3 rings (SSSR count). The third-order valence-electron chi connectivity index (χ3n) is 4.79. The molecule has 1 aliphatic heterocycles. The fourth-order valence-electron chi connectivity index (χ4n) is 3.26. The Hall–Kier alpha value is -3.37. The summed E-state index contributed by atoms with van der Waals surface area (Å²) >= 11 is 0. The summed E-state index contributed by atoms with van der Waals surface area (Å²) < 4.78 is 5.60. The van der Waals surface area contributed by atoms with Gasteiger partial charge in [0, 0.05) is 24.4 Å². The van der Waals surface area contributed by atoms with E-state index in [4.69, 9.17) is 15.7 Å². The van der Waals surface area contributed by atoms with Crippen molar-refractivity contribution in [1.29, 1.82) is 5.26 Å². The minimum Gasteiger partial charge on any atom is -0.398 e. The highest BCUT2D eigenvalue weighted by Gasteiger charge is 2.37. The Morgan fingerprint density at radius 2 is 2.18 bits per heavy atom. The molecule has 0 radical (unpaired) electrons. The van der Waals surface area contributed by atoms with Crippen molar-refractivity contribution in [2.45, 2.75) is 33.2 Å². The van der Waals surface area contributed by atoms with Crippen molar-refractivity contribution in [3.8, 4) is 6.07 Å². The number of nitrogen functional groups attached to an aromatic ring is 1. The first-order valence-corrected chi connectivity index (χ1v) is 9.03. The molecule has 0 aromatic heterocycles. The highest BCUT2D eigenvalue weighted by molar-refractivity contribution is 6.01. The van der Waals surface area contributed by atoms with Crippen molar-refractivity contribution in [3.05, 3.63) is 64.2 Å². The van der Waals surface area contributed by atoms with E-state index in [-0.39, 0.29) is 19.1 Å². The number of nitrogens with one attached hydrogen (secondary N) is 1. The molecule has 0 bridgehead atoms. The smallest absolute Gasteiger partial charge is 0.270 e. The van der Waals surface area contributed by atoms with Crippen molar-refractivity contribution in [1.82, 2.24) is 10.2 Å². The number of nitrogens with zero attached hydrogens (tertiary/aromatic N) is 2. The molecule has 7 nitrogen and oxygen atoms in total. The summed E-state index contributed by atoms with van der Waals surface area (Å²) in [5, 5.41) is 11.7. The zero-order valence-corrected chi connectivity index (χ0v) is 15.9. The predicted molar refractivity (Wildman–Crippen MR) is 104 cm³/mol. The van der Waals surface area contributed by atoms with E-state index < -0.39 is 12.1 Å². The largest absolute Gasteiger partial charge is 0.398 e. The molecule has 0 saturated carbocycles. The van der Waals surface area contributed by atoms with E-state index >= 15 is 0 Å². The van der Waals surface area contributed by atoms with Gasteiger partial charge in [0.15, 0.2) is 0 Å². The van der Waals surface area contributed by atoms with Crippen LogP contribution < -0.4 is 11.1 Å². The van der Waals surface area contributed by atoms with Gasteiger partial charge >= 0.3 is 0 Å². The van der Waals surface area contributed by atoms with Crippen molar-refractivity contribution >= 4 is 17.5 Å². The highest BCUT2D eigenvalue weighted by Crippen LogP contribution is 2.27. The van der Waals surface area contributed by atoms with Crippen LogP contribution in [0.25, 0.3) is 0 Å². The molecule has 1 heterocycles. The van der Waals surface area contributed by atoms with Crippen molar-refractivity contribution in [2.24, 2.45) is 0 Å². The average molecular weight is 378 g/mol. The number of rotatable bonds is 6. The minimum atomic E-state index is -1.02. The van der Waals surface area contributed by atoms with Gasteiger partial charge in [0.2, 0.25) is 6.23 Å². The number of anilines is 1. The normalized spacial score (nSPS) is 13.8. The lowest BCUT2D eigenvalue weighted by atomic mass is 10.1.